The summed E-state index contributed by atoms with van der Waals surface area (Å²) < 4.78 is 10.5. The molecule has 0 aliphatic carbocycles. The topological polar surface area (TPSA) is 71.6 Å². The number of rotatable bonds is 5. The van der Waals surface area contributed by atoms with Gasteiger partial charge < -0.3 is 14.5 Å². The molecule has 0 radical (unpaired) electrons. The maximum absolute atomic E-state index is 13.0. The van der Waals surface area contributed by atoms with Gasteiger partial charge in [-0.2, -0.15) is 0 Å². The second-order valence-corrected chi connectivity index (χ2v) is 7.06. The van der Waals surface area contributed by atoms with Crippen LogP contribution in [0.25, 0.3) is 22.0 Å². The molecule has 150 valence electrons. The molecule has 1 fully saturated rings. The lowest BCUT2D eigenvalue weighted by atomic mass is 9.96. The Balaban J connectivity index is 1.84. The average Bonchev–Trinajstić information content (AvgIpc) is 2.75. The number of fused-ring (bicyclic) bond motifs is 1. The van der Waals surface area contributed by atoms with Gasteiger partial charge in [-0.05, 0) is 35.7 Å². The summed E-state index contributed by atoms with van der Waals surface area (Å²) in [5, 5.41) is 0.499. The van der Waals surface area contributed by atoms with Crippen LogP contribution in [-0.2, 0) is 16.0 Å². The molecule has 29 heavy (non-hydrogen) atoms. The number of aromatic nitrogens is 1. The number of morpholine rings is 1. The van der Waals surface area contributed by atoms with Crippen molar-refractivity contribution in [2.45, 2.75) is 13.5 Å². The summed E-state index contributed by atoms with van der Waals surface area (Å²) in [5.41, 5.74) is 3.64. The molecule has 0 spiro atoms. The summed E-state index contributed by atoms with van der Waals surface area (Å²) in [4.78, 5) is 30.5. The molecule has 4 rings (SSSR count). The van der Waals surface area contributed by atoms with Gasteiger partial charge in [-0.15, -0.1) is 0 Å². The molecule has 1 N–H and O–H groups in total. The number of aromatic amines is 1. The molecule has 0 unspecified atom stereocenters. The van der Waals surface area contributed by atoms with Gasteiger partial charge in [0.1, 0.15) is 5.56 Å². The molecule has 6 heteroatoms. The number of pyridine rings is 1. The molecular formula is C23H24N2O4. The predicted molar refractivity (Wildman–Crippen MR) is 112 cm³/mol. The highest BCUT2D eigenvalue weighted by atomic mass is 16.5. The van der Waals surface area contributed by atoms with E-state index in [9.17, 15) is 9.59 Å². The lowest BCUT2D eigenvalue weighted by molar-refractivity contribution is 0.0342. The van der Waals surface area contributed by atoms with Crippen LogP contribution in [0, 0.1) is 0 Å². The van der Waals surface area contributed by atoms with Crippen LogP contribution in [-0.4, -0.2) is 48.8 Å². The predicted octanol–water partition coefficient (Wildman–Crippen LogP) is 3.20. The second-order valence-electron chi connectivity index (χ2n) is 7.06. The van der Waals surface area contributed by atoms with Crippen molar-refractivity contribution in [1.82, 2.24) is 9.88 Å². The van der Waals surface area contributed by atoms with E-state index < -0.39 is 5.97 Å². The van der Waals surface area contributed by atoms with Crippen LogP contribution in [0.4, 0.5) is 0 Å². The molecule has 2 aromatic carbocycles. The van der Waals surface area contributed by atoms with Gasteiger partial charge in [0.15, 0.2) is 0 Å². The van der Waals surface area contributed by atoms with E-state index in [2.05, 4.69) is 22.0 Å². The zero-order valence-corrected chi connectivity index (χ0v) is 16.4. The fourth-order valence-electron chi connectivity index (χ4n) is 3.69. The molecule has 6 nitrogen and oxygen atoms in total. The highest BCUT2D eigenvalue weighted by Crippen LogP contribution is 2.28. The number of ether oxygens (including phenoxy) is 2. The zero-order chi connectivity index (χ0) is 20.2. The van der Waals surface area contributed by atoms with Crippen LogP contribution in [0.15, 0.2) is 53.5 Å². The number of nitrogens with zero attached hydrogens (tertiary/aromatic N) is 1. The van der Waals surface area contributed by atoms with E-state index in [1.54, 1.807) is 6.92 Å². The first-order valence-corrected chi connectivity index (χ1v) is 9.88. The number of H-pyrrole nitrogens is 1. The Morgan fingerprint density at radius 3 is 2.66 bits per heavy atom. The van der Waals surface area contributed by atoms with Crippen LogP contribution in [0.5, 0.6) is 0 Å². The minimum Gasteiger partial charge on any atom is -0.462 e. The van der Waals surface area contributed by atoms with Crippen LogP contribution >= 0.6 is 0 Å². The smallest absolute Gasteiger partial charge is 0.343 e. The quantitative estimate of drug-likeness (QED) is 0.675. The first-order chi connectivity index (χ1) is 14.2. The van der Waals surface area contributed by atoms with Gasteiger partial charge in [0.05, 0.1) is 19.8 Å². The molecule has 1 aliphatic rings. The zero-order valence-electron chi connectivity index (χ0n) is 16.4. The Morgan fingerprint density at radius 1 is 1.17 bits per heavy atom. The van der Waals surface area contributed by atoms with E-state index in [0.717, 1.165) is 29.8 Å². The number of benzene rings is 2. The van der Waals surface area contributed by atoms with Gasteiger partial charge in [0, 0.05) is 36.7 Å². The van der Waals surface area contributed by atoms with E-state index in [0.29, 0.717) is 30.7 Å². The van der Waals surface area contributed by atoms with Gasteiger partial charge in [-0.1, -0.05) is 30.3 Å². The van der Waals surface area contributed by atoms with Crippen molar-refractivity contribution in [2.75, 3.05) is 32.9 Å². The molecule has 1 aliphatic heterocycles. The third-order valence-electron chi connectivity index (χ3n) is 5.18. The fourth-order valence-corrected chi connectivity index (χ4v) is 3.69. The molecule has 1 saturated heterocycles. The molecule has 0 atom stereocenters. The first kappa shape index (κ1) is 19.4. The summed E-state index contributed by atoms with van der Waals surface area (Å²) in [6.45, 7) is 5.79. The van der Waals surface area contributed by atoms with Crippen molar-refractivity contribution in [3.63, 3.8) is 0 Å². The number of hydrogen-bond donors (Lipinski definition) is 1. The molecular weight excluding hydrogens is 368 g/mol. The molecule has 0 saturated carbocycles. The molecule has 0 bridgehead atoms. The summed E-state index contributed by atoms with van der Waals surface area (Å²) in [5.74, 6) is -0.600. The molecule has 2 heterocycles. The van der Waals surface area contributed by atoms with Crippen molar-refractivity contribution in [3.8, 4) is 11.1 Å². The maximum atomic E-state index is 13.0. The maximum Gasteiger partial charge on any atom is 0.343 e. The Morgan fingerprint density at radius 2 is 1.93 bits per heavy atom. The summed E-state index contributed by atoms with van der Waals surface area (Å²) in [7, 11) is 0. The Labute approximate surface area is 169 Å². The SMILES string of the molecule is CCOC(=O)c1c[nH]c2cc(-c3ccccc3)c(CN3CCOCC3)cc2c1=O. The van der Waals surface area contributed by atoms with Crippen LogP contribution in [0.2, 0.25) is 0 Å². The standard InChI is InChI=1S/C23H24N2O4/c1-2-29-23(27)20-14-24-21-13-18(16-6-4-3-5-7-16)17(12-19(21)22(20)26)15-25-8-10-28-11-9-25/h3-7,12-14H,2,8-11,15H2,1H3,(H,24,26). The molecule has 0 amide bonds. The Hall–Kier alpha value is -2.96. The number of esters is 1. The van der Waals surface area contributed by atoms with E-state index >= 15 is 0 Å². The first-order valence-electron chi connectivity index (χ1n) is 9.88. The minimum absolute atomic E-state index is 0.0316. The molecule has 1 aromatic heterocycles. The number of hydrogen-bond acceptors (Lipinski definition) is 5. The monoisotopic (exact) mass is 392 g/mol. The summed E-state index contributed by atoms with van der Waals surface area (Å²) >= 11 is 0. The van der Waals surface area contributed by atoms with Gasteiger partial charge in [-0.3, -0.25) is 9.69 Å². The van der Waals surface area contributed by atoms with Crippen molar-refractivity contribution in [1.29, 1.82) is 0 Å². The fraction of sp³-hybridized carbons (Fsp3) is 0.304. The van der Waals surface area contributed by atoms with Crippen molar-refractivity contribution in [3.05, 3.63) is 70.0 Å². The van der Waals surface area contributed by atoms with Crippen LogP contribution < -0.4 is 5.43 Å². The lowest BCUT2D eigenvalue weighted by Crippen LogP contribution is -2.35. The normalized spacial score (nSPS) is 14.8. The average molecular weight is 392 g/mol. The Kier molecular flexibility index (Phi) is 5.74. The third-order valence-corrected chi connectivity index (χ3v) is 5.18. The Bertz CT molecular complexity index is 1070. The molecule has 3 aromatic rings. The summed E-state index contributed by atoms with van der Waals surface area (Å²) in [6.07, 6.45) is 1.44. The number of carbonyl (C=O) groups excluding carboxylic acids is 1. The van der Waals surface area contributed by atoms with E-state index in [1.807, 2.05) is 30.3 Å². The van der Waals surface area contributed by atoms with Crippen molar-refractivity contribution >= 4 is 16.9 Å². The van der Waals surface area contributed by atoms with Crippen LogP contribution in [0.3, 0.4) is 0 Å². The highest BCUT2D eigenvalue weighted by molar-refractivity contribution is 5.95. The van der Waals surface area contributed by atoms with Gasteiger partial charge >= 0.3 is 5.97 Å². The number of carbonyl (C=O) groups is 1. The number of nitrogens with one attached hydrogen (secondary N) is 1. The van der Waals surface area contributed by atoms with E-state index in [4.69, 9.17) is 9.47 Å². The lowest BCUT2D eigenvalue weighted by Gasteiger charge is -2.27. The largest absolute Gasteiger partial charge is 0.462 e. The second kappa shape index (κ2) is 8.59. The van der Waals surface area contributed by atoms with E-state index in [-0.39, 0.29) is 17.6 Å². The van der Waals surface area contributed by atoms with Gasteiger partial charge in [0.2, 0.25) is 5.43 Å². The van der Waals surface area contributed by atoms with Gasteiger partial charge in [-0.25, -0.2) is 4.79 Å². The minimum atomic E-state index is -0.600. The highest BCUT2D eigenvalue weighted by Gasteiger charge is 2.18. The summed E-state index contributed by atoms with van der Waals surface area (Å²) in [6, 6.07) is 14.0. The van der Waals surface area contributed by atoms with E-state index in [1.165, 1.54) is 6.20 Å². The van der Waals surface area contributed by atoms with Crippen LogP contribution in [0.1, 0.15) is 22.8 Å². The van der Waals surface area contributed by atoms with Crippen molar-refractivity contribution < 1.29 is 14.3 Å². The van der Waals surface area contributed by atoms with Gasteiger partial charge in [0.25, 0.3) is 0 Å². The third kappa shape index (κ3) is 4.09. The van der Waals surface area contributed by atoms with Crippen molar-refractivity contribution in [2.24, 2.45) is 0 Å².